The molecule has 0 saturated heterocycles. The third kappa shape index (κ3) is 5.85. The van der Waals surface area contributed by atoms with E-state index in [1.54, 1.807) is 0 Å². The maximum Gasteiger partial charge on any atom is 0.230 e. The lowest BCUT2D eigenvalue weighted by atomic mass is 9.89. The maximum atomic E-state index is 12.9. The van der Waals surface area contributed by atoms with Gasteiger partial charge in [-0.3, -0.25) is 4.79 Å². The predicted octanol–water partition coefficient (Wildman–Crippen LogP) is 2.50. The summed E-state index contributed by atoms with van der Waals surface area (Å²) >= 11 is 1.23. The van der Waals surface area contributed by atoms with Crippen molar-refractivity contribution in [1.29, 1.82) is 0 Å². The van der Waals surface area contributed by atoms with Crippen molar-refractivity contribution in [2.24, 2.45) is 5.92 Å². The molecule has 0 atom stereocenters. The van der Waals surface area contributed by atoms with Crippen LogP contribution < -0.4 is 15.9 Å². The molecule has 0 unspecified atom stereocenters. The van der Waals surface area contributed by atoms with Gasteiger partial charge in [-0.2, -0.15) is 0 Å². The van der Waals surface area contributed by atoms with E-state index in [1.807, 2.05) is 0 Å². The number of hydrogen-bond donors (Lipinski definition) is 2. The Morgan fingerprint density at radius 3 is 2.74 bits per heavy atom. The van der Waals surface area contributed by atoms with Crippen LogP contribution in [0.1, 0.15) is 37.9 Å². The number of benzene rings is 1. The number of nitrogens with two attached hydrogens (primary N) is 1. The number of halogens is 1. The fourth-order valence-corrected chi connectivity index (χ4v) is 3.72. The number of carbonyl (C=O) groups is 1. The molecule has 146 valence electrons. The normalized spacial score (nSPS) is 14.9. The standard InChI is InChI=1S/C18H24FN5O2S/c19-14-6-8-15(9-7-14)26-11-16-22-23-18(24(16)20)27-12-17(25)21-10-13-4-2-1-3-5-13/h6-9,13H,1-5,10-12,20H2,(H,21,25). The molecule has 9 heteroatoms. The molecular formula is C18H24FN5O2S. The highest BCUT2D eigenvalue weighted by Crippen LogP contribution is 2.23. The molecule has 7 nitrogen and oxygen atoms in total. The van der Waals surface area contributed by atoms with Gasteiger partial charge in [-0.1, -0.05) is 31.0 Å². The summed E-state index contributed by atoms with van der Waals surface area (Å²) < 4.78 is 19.7. The summed E-state index contributed by atoms with van der Waals surface area (Å²) in [6.07, 6.45) is 6.21. The molecule has 1 aliphatic rings. The molecular weight excluding hydrogens is 369 g/mol. The van der Waals surface area contributed by atoms with Gasteiger partial charge in [-0.25, -0.2) is 9.07 Å². The number of nitrogens with one attached hydrogen (secondary N) is 1. The SMILES string of the molecule is Nn1c(COc2ccc(F)cc2)nnc1SCC(=O)NCC1CCCCC1. The first kappa shape index (κ1) is 19.5. The van der Waals surface area contributed by atoms with Gasteiger partial charge in [0, 0.05) is 6.54 Å². The van der Waals surface area contributed by atoms with E-state index in [4.69, 9.17) is 10.6 Å². The van der Waals surface area contributed by atoms with Crippen molar-refractivity contribution in [3.05, 3.63) is 35.9 Å². The molecule has 3 N–H and O–H groups in total. The van der Waals surface area contributed by atoms with Crippen molar-refractivity contribution in [1.82, 2.24) is 20.2 Å². The number of amides is 1. The molecule has 3 rings (SSSR count). The minimum atomic E-state index is -0.329. The van der Waals surface area contributed by atoms with Crippen LogP contribution in [0.25, 0.3) is 0 Å². The van der Waals surface area contributed by atoms with Crippen molar-refractivity contribution in [2.75, 3.05) is 18.1 Å². The van der Waals surface area contributed by atoms with Gasteiger partial charge in [0.2, 0.25) is 11.1 Å². The number of thioether (sulfide) groups is 1. The van der Waals surface area contributed by atoms with Crippen molar-refractivity contribution in [3.8, 4) is 5.75 Å². The van der Waals surface area contributed by atoms with Gasteiger partial charge in [0.25, 0.3) is 0 Å². The van der Waals surface area contributed by atoms with Crippen LogP contribution in [0.15, 0.2) is 29.4 Å². The molecule has 1 aromatic carbocycles. The van der Waals surface area contributed by atoms with E-state index < -0.39 is 0 Å². The Morgan fingerprint density at radius 2 is 2.00 bits per heavy atom. The number of aromatic nitrogens is 3. The molecule has 0 spiro atoms. The second-order valence-electron chi connectivity index (χ2n) is 6.61. The lowest BCUT2D eigenvalue weighted by Gasteiger charge is -2.21. The number of ether oxygens (including phenoxy) is 1. The van der Waals surface area contributed by atoms with Gasteiger partial charge >= 0.3 is 0 Å². The van der Waals surface area contributed by atoms with Crippen LogP contribution in [0.3, 0.4) is 0 Å². The predicted molar refractivity (Wildman–Crippen MR) is 101 cm³/mol. The van der Waals surface area contributed by atoms with Crippen LogP contribution in [0, 0.1) is 11.7 Å². The molecule has 0 bridgehead atoms. The molecule has 1 heterocycles. The number of nitrogen functional groups attached to an aromatic ring is 1. The summed E-state index contributed by atoms with van der Waals surface area (Å²) in [6, 6.07) is 5.68. The van der Waals surface area contributed by atoms with E-state index in [1.165, 1.54) is 72.8 Å². The monoisotopic (exact) mass is 393 g/mol. The average molecular weight is 393 g/mol. The number of hydrogen-bond acceptors (Lipinski definition) is 6. The van der Waals surface area contributed by atoms with Gasteiger partial charge < -0.3 is 15.9 Å². The summed E-state index contributed by atoms with van der Waals surface area (Å²) in [5, 5.41) is 11.4. The summed E-state index contributed by atoms with van der Waals surface area (Å²) in [4.78, 5) is 12.0. The average Bonchev–Trinajstić information content (AvgIpc) is 3.05. The zero-order chi connectivity index (χ0) is 19.1. The summed E-state index contributed by atoms with van der Waals surface area (Å²) in [5.74, 6) is 7.37. The highest BCUT2D eigenvalue weighted by Gasteiger charge is 2.16. The molecule has 1 amide bonds. The lowest BCUT2D eigenvalue weighted by molar-refractivity contribution is -0.118. The quantitative estimate of drug-likeness (QED) is 0.529. The zero-order valence-electron chi connectivity index (χ0n) is 15.1. The highest BCUT2D eigenvalue weighted by atomic mass is 32.2. The van der Waals surface area contributed by atoms with E-state index in [2.05, 4.69) is 15.5 Å². The fourth-order valence-electron chi connectivity index (χ4n) is 3.01. The van der Waals surface area contributed by atoms with Gasteiger partial charge in [0.15, 0.2) is 5.82 Å². The molecule has 0 aliphatic heterocycles. The van der Waals surface area contributed by atoms with Crippen molar-refractivity contribution in [2.45, 2.75) is 43.9 Å². The zero-order valence-corrected chi connectivity index (χ0v) is 15.9. The van der Waals surface area contributed by atoms with Crippen LogP contribution in [0.4, 0.5) is 4.39 Å². The molecule has 1 aromatic heterocycles. The first-order valence-corrected chi connectivity index (χ1v) is 10.1. The van der Waals surface area contributed by atoms with Crippen LogP contribution in [0.2, 0.25) is 0 Å². The van der Waals surface area contributed by atoms with E-state index in [9.17, 15) is 9.18 Å². The Labute approximate surface area is 161 Å². The third-order valence-corrected chi connectivity index (χ3v) is 5.50. The Morgan fingerprint density at radius 1 is 1.26 bits per heavy atom. The first-order chi connectivity index (χ1) is 13.1. The minimum Gasteiger partial charge on any atom is -0.486 e. The third-order valence-electron chi connectivity index (χ3n) is 4.56. The Kier molecular flexibility index (Phi) is 6.92. The highest BCUT2D eigenvalue weighted by molar-refractivity contribution is 7.99. The summed E-state index contributed by atoms with van der Waals surface area (Å²) in [5.41, 5.74) is 0. The largest absolute Gasteiger partial charge is 0.486 e. The van der Waals surface area contributed by atoms with Gasteiger partial charge in [-0.15, -0.1) is 10.2 Å². The molecule has 27 heavy (non-hydrogen) atoms. The van der Waals surface area contributed by atoms with Gasteiger partial charge in [0.1, 0.15) is 18.2 Å². The van der Waals surface area contributed by atoms with Crippen LogP contribution in [0.5, 0.6) is 5.75 Å². The second-order valence-corrected chi connectivity index (χ2v) is 7.55. The Balaban J connectivity index is 1.42. The van der Waals surface area contributed by atoms with Crippen molar-refractivity contribution >= 4 is 17.7 Å². The van der Waals surface area contributed by atoms with E-state index >= 15 is 0 Å². The smallest absolute Gasteiger partial charge is 0.230 e. The molecule has 1 fully saturated rings. The van der Waals surface area contributed by atoms with Crippen LogP contribution >= 0.6 is 11.8 Å². The molecule has 1 aliphatic carbocycles. The van der Waals surface area contributed by atoms with Crippen LogP contribution in [-0.2, 0) is 11.4 Å². The van der Waals surface area contributed by atoms with E-state index in [0.717, 1.165) is 6.54 Å². The number of nitrogens with zero attached hydrogens (tertiary/aromatic N) is 3. The second kappa shape index (κ2) is 9.59. The van der Waals surface area contributed by atoms with E-state index in [0.29, 0.717) is 22.6 Å². The summed E-state index contributed by atoms with van der Waals surface area (Å²) in [7, 11) is 0. The molecule has 2 aromatic rings. The van der Waals surface area contributed by atoms with Crippen molar-refractivity contribution < 1.29 is 13.9 Å². The Hall–Kier alpha value is -2.29. The number of carbonyl (C=O) groups excluding carboxylic acids is 1. The van der Waals surface area contributed by atoms with Crippen molar-refractivity contribution in [3.63, 3.8) is 0 Å². The fraction of sp³-hybridized carbons (Fsp3) is 0.500. The van der Waals surface area contributed by atoms with E-state index in [-0.39, 0.29) is 24.1 Å². The van der Waals surface area contributed by atoms with Gasteiger partial charge in [0.05, 0.1) is 5.75 Å². The summed E-state index contributed by atoms with van der Waals surface area (Å²) in [6.45, 7) is 0.842. The topological polar surface area (TPSA) is 95.1 Å². The molecule has 1 saturated carbocycles. The first-order valence-electron chi connectivity index (χ1n) is 9.09. The lowest BCUT2D eigenvalue weighted by Crippen LogP contribution is -2.31. The number of rotatable bonds is 8. The molecule has 0 radical (unpaired) electrons. The minimum absolute atomic E-state index is 0.0299. The van der Waals surface area contributed by atoms with Gasteiger partial charge in [-0.05, 0) is 43.0 Å². The van der Waals surface area contributed by atoms with Crippen LogP contribution in [-0.4, -0.2) is 33.1 Å². The maximum absolute atomic E-state index is 12.9. The Bertz CT molecular complexity index is 747.